The second-order valence-corrected chi connectivity index (χ2v) is 10.7. The maximum atomic E-state index is 13.1. The highest BCUT2D eigenvalue weighted by Gasteiger charge is 2.34. The highest BCUT2D eigenvalue weighted by molar-refractivity contribution is 7.89. The molecule has 0 saturated carbocycles. The van der Waals surface area contributed by atoms with Crippen LogP contribution in [0.5, 0.6) is 23.0 Å². The molecule has 0 amide bonds. The molecule has 1 saturated heterocycles. The predicted molar refractivity (Wildman–Crippen MR) is 117 cm³/mol. The Morgan fingerprint density at radius 2 is 0.875 bits per heavy atom. The Bertz CT molecular complexity index is 1080. The topological polar surface area (TPSA) is 112 Å². The summed E-state index contributed by atoms with van der Waals surface area (Å²) in [6, 6.07) is 8.68. The largest absolute Gasteiger partial charge is 0.493 e. The molecule has 0 N–H and O–H groups in total. The number of ether oxygens (including phenoxy) is 4. The fraction of sp³-hybridized carbons (Fsp3) is 0.400. The van der Waals surface area contributed by atoms with Crippen molar-refractivity contribution in [2.45, 2.75) is 9.79 Å². The number of hydrogen-bond acceptors (Lipinski definition) is 8. The highest BCUT2D eigenvalue weighted by Crippen LogP contribution is 2.33. The van der Waals surface area contributed by atoms with Crippen LogP contribution in [-0.2, 0) is 20.0 Å². The molecule has 176 valence electrons. The number of piperazine rings is 1. The molecule has 0 atom stereocenters. The van der Waals surface area contributed by atoms with E-state index in [1.165, 1.54) is 73.4 Å². The SMILES string of the molecule is COc1ccc(S(=O)(=O)N2CCN(S(=O)(=O)c3ccc(OC)c(OC)c3)CC2)cc1OC. The van der Waals surface area contributed by atoms with Crippen LogP contribution in [0.2, 0.25) is 0 Å². The van der Waals surface area contributed by atoms with E-state index >= 15 is 0 Å². The standard InChI is InChI=1S/C20H26N2O8S2/c1-27-17-7-5-15(13-19(17)29-3)31(23,24)21-9-11-22(12-10-21)32(25,26)16-6-8-18(28-2)20(14-16)30-4/h5-8,13-14H,9-12H2,1-4H3. The molecule has 0 aromatic heterocycles. The van der Waals surface area contributed by atoms with Crippen molar-refractivity contribution in [3.63, 3.8) is 0 Å². The van der Waals surface area contributed by atoms with Crippen molar-refractivity contribution >= 4 is 20.0 Å². The van der Waals surface area contributed by atoms with Crippen LogP contribution in [0.4, 0.5) is 0 Å². The van der Waals surface area contributed by atoms with Gasteiger partial charge in [-0.1, -0.05) is 0 Å². The monoisotopic (exact) mass is 486 g/mol. The molecule has 1 aliphatic heterocycles. The van der Waals surface area contributed by atoms with E-state index in [0.29, 0.717) is 23.0 Å². The summed E-state index contributed by atoms with van der Waals surface area (Å²) in [6.07, 6.45) is 0. The first kappa shape index (κ1) is 24.1. The molecule has 0 radical (unpaired) electrons. The summed E-state index contributed by atoms with van der Waals surface area (Å²) in [5.41, 5.74) is 0. The summed E-state index contributed by atoms with van der Waals surface area (Å²) in [5.74, 6) is 1.42. The molecule has 1 fully saturated rings. The molecule has 0 aliphatic carbocycles. The smallest absolute Gasteiger partial charge is 0.243 e. The summed E-state index contributed by atoms with van der Waals surface area (Å²) >= 11 is 0. The van der Waals surface area contributed by atoms with Crippen LogP contribution in [0.25, 0.3) is 0 Å². The highest BCUT2D eigenvalue weighted by atomic mass is 32.2. The van der Waals surface area contributed by atoms with E-state index in [2.05, 4.69) is 0 Å². The van der Waals surface area contributed by atoms with E-state index in [9.17, 15) is 16.8 Å². The number of sulfonamides is 2. The van der Waals surface area contributed by atoms with Crippen LogP contribution >= 0.6 is 0 Å². The van der Waals surface area contributed by atoms with Crippen molar-refractivity contribution in [1.82, 2.24) is 8.61 Å². The Morgan fingerprint density at radius 3 is 1.16 bits per heavy atom. The minimum Gasteiger partial charge on any atom is -0.493 e. The van der Waals surface area contributed by atoms with Gasteiger partial charge in [0.05, 0.1) is 38.2 Å². The lowest BCUT2D eigenvalue weighted by atomic mass is 10.3. The van der Waals surface area contributed by atoms with Crippen molar-refractivity contribution in [2.24, 2.45) is 0 Å². The van der Waals surface area contributed by atoms with Crippen LogP contribution in [0.15, 0.2) is 46.2 Å². The molecule has 32 heavy (non-hydrogen) atoms. The van der Waals surface area contributed by atoms with Crippen LogP contribution in [0.3, 0.4) is 0 Å². The minimum atomic E-state index is -3.83. The van der Waals surface area contributed by atoms with Gasteiger partial charge in [0.25, 0.3) is 0 Å². The van der Waals surface area contributed by atoms with Crippen LogP contribution in [0.1, 0.15) is 0 Å². The fourth-order valence-electron chi connectivity index (χ4n) is 3.40. The summed E-state index contributed by atoms with van der Waals surface area (Å²) in [7, 11) is -1.90. The first-order valence-electron chi connectivity index (χ1n) is 9.63. The molecule has 2 aromatic carbocycles. The Hall–Kier alpha value is -2.54. The number of benzene rings is 2. The van der Waals surface area contributed by atoms with E-state index in [1.807, 2.05) is 0 Å². The number of hydrogen-bond donors (Lipinski definition) is 0. The van der Waals surface area contributed by atoms with Crippen molar-refractivity contribution < 1.29 is 35.8 Å². The third-order valence-electron chi connectivity index (χ3n) is 5.18. The predicted octanol–water partition coefficient (Wildman–Crippen LogP) is 1.42. The minimum absolute atomic E-state index is 0.0171. The van der Waals surface area contributed by atoms with Gasteiger partial charge >= 0.3 is 0 Å². The normalized spacial score (nSPS) is 15.9. The molecule has 0 unspecified atom stereocenters. The maximum absolute atomic E-state index is 13.1. The zero-order chi connectivity index (χ0) is 23.5. The van der Waals surface area contributed by atoms with Gasteiger partial charge in [0, 0.05) is 38.3 Å². The van der Waals surface area contributed by atoms with Gasteiger partial charge in [-0.15, -0.1) is 0 Å². The average molecular weight is 487 g/mol. The Kier molecular flexibility index (Phi) is 7.18. The molecule has 1 aliphatic rings. The van der Waals surface area contributed by atoms with Gasteiger partial charge in [-0.3, -0.25) is 0 Å². The van der Waals surface area contributed by atoms with E-state index < -0.39 is 20.0 Å². The third-order valence-corrected chi connectivity index (χ3v) is 8.97. The van der Waals surface area contributed by atoms with E-state index in [4.69, 9.17) is 18.9 Å². The second-order valence-electron chi connectivity index (χ2n) is 6.84. The first-order chi connectivity index (χ1) is 15.2. The second kappa shape index (κ2) is 9.53. The zero-order valence-electron chi connectivity index (χ0n) is 18.3. The molecule has 0 bridgehead atoms. The molecular weight excluding hydrogens is 460 g/mol. The number of methoxy groups -OCH3 is 4. The molecule has 1 heterocycles. The lowest BCUT2D eigenvalue weighted by molar-refractivity contribution is 0.272. The van der Waals surface area contributed by atoms with E-state index in [1.54, 1.807) is 0 Å². The average Bonchev–Trinajstić information content (AvgIpc) is 2.82. The summed E-state index contributed by atoms with van der Waals surface area (Å²) in [6.45, 7) is 0.0682. The Labute approximate surface area is 188 Å². The fourth-order valence-corrected chi connectivity index (χ4v) is 6.28. The summed E-state index contributed by atoms with van der Waals surface area (Å²) in [4.78, 5) is 0.0951. The summed E-state index contributed by atoms with van der Waals surface area (Å²) in [5, 5.41) is 0. The van der Waals surface area contributed by atoms with Gasteiger partial charge in [-0.2, -0.15) is 8.61 Å². The lowest BCUT2D eigenvalue weighted by Crippen LogP contribution is -2.50. The quantitative estimate of drug-likeness (QED) is 0.551. The van der Waals surface area contributed by atoms with Crippen molar-refractivity contribution in [2.75, 3.05) is 54.6 Å². The van der Waals surface area contributed by atoms with Crippen molar-refractivity contribution in [3.8, 4) is 23.0 Å². The van der Waals surface area contributed by atoms with Crippen molar-refractivity contribution in [1.29, 1.82) is 0 Å². The van der Waals surface area contributed by atoms with Gasteiger partial charge in [0.2, 0.25) is 20.0 Å². The van der Waals surface area contributed by atoms with Crippen LogP contribution in [-0.4, -0.2) is 80.1 Å². The van der Waals surface area contributed by atoms with Crippen LogP contribution < -0.4 is 18.9 Å². The first-order valence-corrected chi connectivity index (χ1v) is 12.5. The van der Waals surface area contributed by atoms with E-state index in [0.717, 1.165) is 0 Å². The Morgan fingerprint density at radius 1 is 0.562 bits per heavy atom. The lowest BCUT2D eigenvalue weighted by Gasteiger charge is -2.33. The molecule has 12 heteroatoms. The van der Waals surface area contributed by atoms with Crippen LogP contribution in [0, 0.1) is 0 Å². The van der Waals surface area contributed by atoms with Gasteiger partial charge in [-0.25, -0.2) is 16.8 Å². The number of rotatable bonds is 8. The third kappa shape index (κ3) is 4.49. The molecule has 3 rings (SSSR count). The van der Waals surface area contributed by atoms with Gasteiger partial charge in [-0.05, 0) is 24.3 Å². The molecule has 10 nitrogen and oxygen atoms in total. The number of nitrogens with zero attached hydrogens (tertiary/aromatic N) is 2. The van der Waals surface area contributed by atoms with Gasteiger partial charge in [0.15, 0.2) is 23.0 Å². The van der Waals surface area contributed by atoms with Crippen molar-refractivity contribution in [3.05, 3.63) is 36.4 Å². The van der Waals surface area contributed by atoms with E-state index in [-0.39, 0.29) is 36.0 Å². The zero-order valence-corrected chi connectivity index (χ0v) is 19.9. The summed E-state index contributed by atoms with van der Waals surface area (Å²) < 4.78 is 75.5. The molecule has 2 aromatic rings. The molecule has 0 spiro atoms. The van der Waals surface area contributed by atoms with Gasteiger partial charge in [0.1, 0.15) is 0 Å². The van der Waals surface area contributed by atoms with Gasteiger partial charge < -0.3 is 18.9 Å². The maximum Gasteiger partial charge on any atom is 0.243 e. The Balaban J connectivity index is 1.78. The molecular formula is C20H26N2O8S2.